The van der Waals surface area contributed by atoms with Crippen molar-refractivity contribution in [2.24, 2.45) is 5.41 Å². The number of nitro groups is 1. The van der Waals surface area contributed by atoms with Gasteiger partial charge in [0.2, 0.25) is 5.82 Å². The molecule has 1 atom stereocenters. The van der Waals surface area contributed by atoms with E-state index < -0.39 is 27.8 Å². The van der Waals surface area contributed by atoms with Crippen LogP contribution in [0.25, 0.3) is 0 Å². The average molecular weight is 282 g/mol. The van der Waals surface area contributed by atoms with Crippen molar-refractivity contribution in [3.8, 4) is 0 Å². The van der Waals surface area contributed by atoms with Gasteiger partial charge in [-0.25, -0.2) is 0 Å². The summed E-state index contributed by atoms with van der Waals surface area (Å²) in [5.74, 6) is -1.85. The Morgan fingerprint density at radius 1 is 1.55 bits per heavy atom. The fourth-order valence-corrected chi connectivity index (χ4v) is 2.56. The first-order chi connectivity index (χ1) is 9.35. The number of benzene rings is 1. The van der Waals surface area contributed by atoms with Crippen LogP contribution in [0, 0.1) is 21.3 Å². The molecule has 1 N–H and O–H groups in total. The Balaban J connectivity index is 2.40. The average Bonchev–Trinajstić information content (AvgIpc) is 2.37. The van der Waals surface area contributed by atoms with Crippen molar-refractivity contribution in [2.75, 3.05) is 18.0 Å². The third-order valence-electron chi connectivity index (χ3n) is 3.70. The molecule has 1 aromatic rings. The van der Waals surface area contributed by atoms with E-state index in [1.165, 1.54) is 12.1 Å². The minimum absolute atomic E-state index is 0.132. The fourth-order valence-electron chi connectivity index (χ4n) is 2.56. The Morgan fingerprint density at radius 3 is 2.85 bits per heavy atom. The number of carboxylic acids is 1. The smallest absolute Gasteiger partial charge is 0.327 e. The second kappa shape index (κ2) is 5.07. The molecule has 6 nitrogen and oxygen atoms in total. The van der Waals surface area contributed by atoms with Gasteiger partial charge < -0.3 is 10.0 Å². The maximum Gasteiger partial charge on any atom is 0.327 e. The number of para-hydroxylation sites is 1. The summed E-state index contributed by atoms with van der Waals surface area (Å²) >= 11 is 0. The standard InChI is InChI=1S/C13H15FN2O4/c1-13(12(17)18)6-3-7-15(8-13)10-5-2-4-9(14)11(10)16(19)20/h2,4-5H,3,6-8H2,1H3,(H,17,18). The summed E-state index contributed by atoms with van der Waals surface area (Å²) in [5.41, 5.74) is -1.43. The lowest BCUT2D eigenvalue weighted by Gasteiger charge is -2.38. The summed E-state index contributed by atoms with van der Waals surface area (Å²) < 4.78 is 13.6. The van der Waals surface area contributed by atoms with Gasteiger partial charge in [-0.15, -0.1) is 0 Å². The summed E-state index contributed by atoms with van der Waals surface area (Å²) in [6.07, 6.45) is 1.10. The van der Waals surface area contributed by atoms with Crippen LogP contribution in [-0.2, 0) is 4.79 Å². The molecule has 0 spiro atoms. The predicted molar refractivity (Wildman–Crippen MR) is 70.2 cm³/mol. The number of nitrogens with zero attached hydrogens (tertiary/aromatic N) is 2. The summed E-state index contributed by atoms with van der Waals surface area (Å²) in [5, 5.41) is 20.3. The zero-order valence-corrected chi connectivity index (χ0v) is 11.0. The van der Waals surface area contributed by atoms with E-state index in [1.807, 2.05) is 0 Å². The highest BCUT2D eigenvalue weighted by atomic mass is 19.1. The van der Waals surface area contributed by atoms with Gasteiger partial charge in [-0.2, -0.15) is 4.39 Å². The maximum atomic E-state index is 13.6. The van der Waals surface area contributed by atoms with Gasteiger partial charge in [0.25, 0.3) is 0 Å². The Kier molecular flexibility index (Phi) is 3.61. The largest absolute Gasteiger partial charge is 0.481 e. The van der Waals surface area contributed by atoms with E-state index in [0.717, 1.165) is 6.07 Å². The number of halogens is 1. The van der Waals surface area contributed by atoms with E-state index >= 15 is 0 Å². The van der Waals surface area contributed by atoms with Crippen LogP contribution in [0.3, 0.4) is 0 Å². The minimum atomic E-state index is -0.974. The lowest BCUT2D eigenvalue weighted by Crippen LogP contribution is -2.46. The van der Waals surface area contributed by atoms with Crippen molar-refractivity contribution in [3.63, 3.8) is 0 Å². The minimum Gasteiger partial charge on any atom is -0.481 e. The maximum absolute atomic E-state index is 13.6. The molecular weight excluding hydrogens is 267 g/mol. The third kappa shape index (κ3) is 2.43. The number of nitro benzene ring substituents is 1. The number of anilines is 1. The zero-order valence-electron chi connectivity index (χ0n) is 11.0. The normalized spacial score (nSPS) is 22.6. The van der Waals surface area contributed by atoms with Crippen molar-refractivity contribution in [3.05, 3.63) is 34.1 Å². The first kappa shape index (κ1) is 14.2. The van der Waals surface area contributed by atoms with Gasteiger partial charge in [0.05, 0.1) is 10.3 Å². The summed E-state index contributed by atoms with van der Waals surface area (Å²) in [4.78, 5) is 23.1. The van der Waals surface area contributed by atoms with Crippen LogP contribution in [0.4, 0.5) is 15.8 Å². The van der Waals surface area contributed by atoms with Crippen LogP contribution in [0.2, 0.25) is 0 Å². The molecule has 0 aliphatic carbocycles. The summed E-state index contributed by atoms with van der Waals surface area (Å²) in [6.45, 7) is 2.21. The Labute approximate surface area is 115 Å². The lowest BCUT2D eigenvalue weighted by atomic mass is 9.82. The lowest BCUT2D eigenvalue weighted by molar-refractivity contribution is -0.386. The van der Waals surface area contributed by atoms with Gasteiger partial charge in [-0.1, -0.05) is 6.07 Å². The molecule has 1 unspecified atom stereocenters. The van der Waals surface area contributed by atoms with Crippen LogP contribution in [0.15, 0.2) is 18.2 Å². The molecule has 7 heteroatoms. The fraction of sp³-hybridized carbons (Fsp3) is 0.462. The number of hydrogen-bond acceptors (Lipinski definition) is 4. The van der Waals surface area contributed by atoms with Crippen molar-refractivity contribution in [1.29, 1.82) is 0 Å². The van der Waals surface area contributed by atoms with E-state index in [9.17, 15) is 24.4 Å². The number of carboxylic acid groups (broad SMARTS) is 1. The van der Waals surface area contributed by atoms with Gasteiger partial charge in [0.15, 0.2) is 0 Å². The Hall–Kier alpha value is -2.18. The highest BCUT2D eigenvalue weighted by Crippen LogP contribution is 2.37. The van der Waals surface area contributed by atoms with Crippen LogP contribution in [0.1, 0.15) is 19.8 Å². The molecule has 0 bridgehead atoms. The molecule has 2 rings (SSSR count). The molecule has 0 amide bonds. The second-order valence-corrected chi connectivity index (χ2v) is 5.26. The third-order valence-corrected chi connectivity index (χ3v) is 3.70. The molecule has 20 heavy (non-hydrogen) atoms. The molecule has 1 heterocycles. The molecular formula is C13H15FN2O4. The molecule has 0 radical (unpaired) electrons. The van der Waals surface area contributed by atoms with Crippen LogP contribution in [-0.4, -0.2) is 29.1 Å². The molecule has 1 saturated heterocycles. The summed E-state index contributed by atoms with van der Waals surface area (Å²) in [6, 6.07) is 3.88. The van der Waals surface area contributed by atoms with Crippen molar-refractivity contribution in [1.82, 2.24) is 0 Å². The van der Waals surface area contributed by atoms with Crippen LogP contribution in [0.5, 0.6) is 0 Å². The van der Waals surface area contributed by atoms with Gasteiger partial charge in [-0.05, 0) is 31.9 Å². The van der Waals surface area contributed by atoms with E-state index in [-0.39, 0.29) is 12.2 Å². The van der Waals surface area contributed by atoms with Crippen LogP contribution >= 0.6 is 0 Å². The van der Waals surface area contributed by atoms with E-state index in [0.29, 0.717) is 19.4 Å². The van der Waals surface area contributed by atoms with Gasteiger partial charge in [-0.3, -0.25) is 14.9 Å². The molecule has 108 valence electrons. The van der Waals surface area contributed by atoms with Gasteiger partial charge in [0, 0.05) is 13.1 Å². The Morgan fingerprint density at radius 2 is 2.25 bits per heavy atom. The predicted octanol–water partition coefficient (Wildman–Crippen LogP) is 2.43. The molecule has 1 fully saturated rings. The quantitative estimate of drug-likeness (QED) is 0.680. The number of hydrogen-bond donors (Lipinski definition) is 1. The van der Waals surface area contributed by atoms with Crippen molar-refractivity contribution >= 4 is 17.3 Å². The molecule has 1 aliphatic heterocycles. The first-order valence-corrected chi connectivity index (χ1v) is 6.26. The first-order valence-electron chi connectivity index (χ1n) is 6.26. The summed E-state index contributed by atoms with van der Waals surface area (Å²) in [7, 11) is 0. The molecule has 1 aromatic carbocycles. The van der Waals surface area contributed by atoms with E-state index in [4.69, 9.17) is 0 Å². The van der Waals surface area contributed by atoms with Crippen molar-refractivity contribution < 1.29 is 19.2 Å². The van der Waals surface area contributed by atoms with E-state index in [1.54, 1.807) is 11.8 Å². The number of rotatable bonds is 3. The van der Waals surface area contributed by atoms with E-state index in [2.05, 4.69) is 0 Å². The topological polar surface area (TPSA) is 83.7 Å². The van der Waals surface area contributed by atoms with Gasteiger partial charge >= 0.3 is 11.7 Å². The van der Waals surface area contributed by atoms with Crippen molar-refractivity contribution in [2.45, 2.75) is 19.8 Å². The highest BCUT2D eigenvalue weighted by molar-refractivity contribution is 5.76. The Bertz CT molecular complexity index is 563. The van der Waals surface area contributed by atoms with Crippen LogP contribution < -0.4 is 4.90 Å². The van der Waals surface area contributed by atoms with Gasteiger partial charge in [0.1, 0.15) is 5.69 Å². The molecule has 0 aromatic heterocycles. The number of piperidine rings is 1. The number of carbonyl (C=O) groups is 1. The SMILES string of the molecule is CC1(C(=O)O)CCCN(c2cccc(F)c2[N+](=O)[O-])C1. The molecule has 0 saturated carbocycles. The zero-order chi connectivity index (χ0) is 14.9. The second-order valence-electron chi connectivity index (χ2n) is 5.26. The monoisotopic (exact) mass is 282 g/mol. The highest BCUT2D eigenvalue weighted by Gasteiger charge is 2.39. The molecule has 1 aliphatic rings. The number of aliphatic carboxylic acids is 1.